The van der Waals surface area contributed by atoms with Gasteiger partial charge in [0.2, 0.25) is 0 Å². The molecule has 72 heavy (non-hydrogen) atoms. The van der Waals surface area contributed by atoms with Gasteiger partial charge in [0.05, 0.1) is 13.6 Å². The molecule has 10 aromatic carbocycles. The van der Waals surface area contributed by atoms with Gasteiger partial charge in [-0.1, -0.05) is 189 Å². The van der Waals surface area contributed by atoms with E-state index in [0.717, 1.165) is 17.4 Å². The molecule has 1 aromatic heterocycles. The molecule has 346 valence electrons. The fraction of sp³-hybridized carbons (Fsp3) is 0.186. The third-order valence-electron chi connectivity index (χ3n) is 18.2. The fourth-order valence-electron chi connectivity index (χ4n) is 15.3. The van der Waals surface area contributed by atoms with Crippen molar-refractivity contribution in [3.05, 3.63) is 218 Å². The number of fused-ring (bicyclic) bond motifs is 7. The van der Waals surface area contributed by atoms with Gasteiger partial charge in [-0.2, -0.15) is 0 Å². The minimum absolute atomic E-state index is 0.0529. The van der Waals surface area contributed by atoms with E-state index < -0.39 is 8.07 Å². The van der Waals surface area contributed by atoms with Gasteiger partial charge >= 0.3 is 0 Å². The van der Waals surface area contributed by atoms with Crippen LogP contribution >= 0.6 is 0 Å². The Bertz CT molecular complexity index is 3950. The molecule has 2 heteroatoms. The minimum Gasteiger partial charge on any atom is -0.256 e. The Morgan fingerprint density at radius 3 is 1.60 bits per heavy atom. The molecular weight excluding hydrogens is 883 g/mol. The molecule has 5 aliphatic rings. The lowest BCUT2D eigenvalue weighted by atomic mass is 9.43. The zero-order valence-electron chi connectivity index (χ0n) is 41.4. The molecule has 4 bridgehead atoms. The minimum atomic E-state index is -1.39. The first-order valence-electron chi connectivity index (χ1n) is 26.6. The second-order valence-electron chi connectivity index (χ2n) is 23.1. The van der Waals surface area contributed by atoms with Crippen LogP contribution in [0.15, 0.2) is 206 Å². The summed E-state index contributed by atoms with van der Waals surface area (Å²) in [6.45, 7) is 7.25. The molecular formula is C70H57NSi. The lowest BCUT2D eigenvalue weighted by Gasteiger charge is -2.61. The maximum absolute atomic E-state index is 5.07. The van der Waals surface area contributed by atoms with Gasteiger partial charge in [-0.25, -0.2) is 0 Å². The Morgan fingerprint density at radius 1 is 0.375 bits per heavy atom. The Morgan fingerprint density at radius 2 is 0.917 bits per heavy atom. The monoisotopic (exact) mass is 939 g/mol. The third-order valence-corrected chi connectivity index (χ3v) is 20.3. The van der Waals surface area contributed by atoms with E-state index in [2.05, 4.69) is 220 Å². The van der Waals surface area contributed by atoms with Crippen molar-refractivity contribution in [3.63, 3.8) is 0 Å². The number of hydrogen-bond donors (Lipinski definition) is 0. The molecule has 0 N–H and O–H groups in total. The van der Waals surface area contributed by atoms with Crippen molar-refractivity contribution in [1.82, 2.24) is 4.98 Å². The van der Waals surface area contributed by atoms with Crippen molar-refractivity contribution in [2.75, 3.05) is 0 Å². The van der Waals surface area contributed by atoms with Crippen LogP contribution in [0.5, 0.6) is 0 Å². The summed E-state index contributed by atoms with van der Waals surface area (Å²) in [5.41, 5.74) is 19.9. The molecule has 16 rings (SSSR count). The van der Waals surface area contributed by atoms with Crippen molar-refractivity contribution in [1.29, 1.82) is 0 Å². The molecule has 4 saturated carbocycles. The van der Waals surface area contributed by atoms with Gasteiger partial charge in [0, 0.05) is 22.6 Å². The highest BCUT2D eigenvalue weighted by Gasteiger charge is 2.62. The highest BCUT2D eigenvalue weighted by Crippen LogP contribution is 2.70. The summed E-state index contributed by atoms with van der Waals surface area (Å²) in [5.74, 6) is 3.14. The number of nitrogens with zero attached hydrogens (tertiary/aromatic N) is 1. The Labute approximate surface area is 424 Å². The van der Waals surface area contributed by atoms with Crippen molar-refractivity contribution < 1.29 is 0 Å². The molecule has 1 spiro atoms. The Kier molecular flexibility index (Phi) is 9.28. The topological polar surface area (TPSA) is 12.9 Å². The molecule has 0 radical (unpaired) electrons. The number of para-hydroxylation sites is 1. The maximum atomic E-state index is 5.07. The van der Waals surface area contributed by atoms with Crippen LogP contribution in [0.1, 0.15) is 43.2 Å². The first-order valence-corrected chi connectivity index (χ1v) is 30.1. The van der Waals surface area contributed by atoms with Gasteiger partial charge in [0.15, 0.2) is 0 Å². The first-order chi connectivity index (χ1) is 35.3. The van der Waals surface area contributed by atoms with Crippen molar-refractivity contribution in [2.45, 2.75) is 57.2 Å². The van der Waals surface area contributed by atoms with Gasteiger partial charge in [-0.3, -0.25) is 4.98 Å². The number of hydrogen-bond acceptors (Lipinski definition) is 1. The van der Waals surface area contributed by atoms with Crippen LogP contribution < -0.4 is 5.19 Å². The van der Waals surface area contributed by atoms with Gasteiger partial charge < -0.3 is 0 Å². The lowest BCUT2D eigenvalue weighted by molar-refractivity contribution is -0.0399. The zero-order chi connectivity index (χ0) is 47.9. The van der Waals surface area contributed by atoms with Crippen molar-refractivity contribution >= 4 is 56.5 Å². The quantitative estimate of drug-likeness (QED) is 0.120. The second-order valence-corrected chi connectivity index (χ2v) is 28.1. The normalized spacial score (nSPS) is 20.8. The van der Waals surface area contributed by atoms with Crippen molar-refractivity contribution in [3.8, 4) is 66.8 Å². The van der Waals surface area contributed by atoms with Crippen LogP contribution in [0.4, 0.5) is 0 Å². The number of benzene rings is 10. The van der Waals surface area contributed by atoms with E-state index in [4.69, 9.17) is 4.98 Å². The summed E-state index contributed by atoms with van der Waals surface area (Å²) >= 11 is 0. The third kappa shape index (κ3) is 6.27. The van der Waals surface area contributed by atoms with Crippen LogP contribution in [0, 0.1) is 23.7 Å². The van der Waals surface area contributed by atoms with E-state index in [9.17, 15) is 0 Å². The number of aromatic nitrogens is 1. The standard InChI is InChI=1S/C70H57NSi/c1-72(2,3)56-30-28-45(29-31-56)47-14-10-15-51(39-47)66-57-17-4-6-19-59(57)67(60-20-7-5-18-58(60)66)52-27-26-48-38-50(25-24-49(48)40-52)53-41-63(61-22-11-13-46-16-12-32-71-69(46)61)68-62-21-8-9-23-64(62)70(65(68)42-53)54-34-43-33-44(36-54)37-55(70)35-43/h4-32,38-44,54-55H,33-37H2,1-3H3. The largest absolute Gasteiger partial charge is 0.256 e. The highest BCUT2D eigenvalue weighted by molar-refractivity contribution is 6.88. The van der Waals surface area contributed by atoms with Gasteiger partial charge in [-0.05, 0) is 197 Å². The summed E-state index contributed by atoms with van der Waals surface area (Å²) in [7, 11) is -1.39. The predicted molar refractivity (Wildman–Crippen MR) is 308 cm³/mol. The fourth-order valence-corrected chi connectivity index (χ4v) is 16.5. The maximum Gasteiger partial charge on any atom is 0.0780 e. The van der Waals surface area contributed by atoms with Gasteiger partial charge in [0.1, 0.15) is 0 Å². The Balaban J connectivity index is 0.877. The molecule has 0 amide bonds. The molecule has 5 aliphatic carbocycles. The summed E-state index contributed by atoms with van der Waals surface area (Å²) in [6, 6.07) is 76.9. The molecule has 1 heterocycles. The average molecular weight is 940 g/mol. The second kappa shape index (κ2) is 15.8. The molecule has 0 aliphatic heterocycles. The SMILES string of the molecule is C[Si](C)(C)c1ccc(-c2cccc(-c3c4ccccc4c(-c4ccc5cc(-c6cc(-c7cccc8cccnc78)c7c(c6)C6(c8ccccc8-7)C7CC8CC(C7)CC6C8)ccc5c4)c4ccccc34)c2)cc1. The van der Waals surface area contributed by atoms with E-state index >= 15 is 0 Å². The van der Waals surface area contributed by atoms with Crippen LogP contribution in [0.2, 0.25) is 19.6 Å². The van der Waals surface area contributed by atoms with Gasteiger partial charge in [-0.15, -0.1) is 0 Å². The van der Waals surface area contributed by atoms with Crippen LogP contribution in [-0.2, 0) is 5.41 Å². The van der Waals surface area contributed by atoms with Crippen molar-refractivity contribution in [2.24, 2.45) is 23.7 Å². The zero-order valence-corrected chi connectivity index (χ0v) is 42.4. The summed E-state index contributed by atoms with van der Waals surface area (Å²) in [5, 5.41) is 10.3. The average Bonchev–Trinajstić information content (AvgIpc) is 3.71. The van der Waals surface area contributed by atoms with Crippen LogP contribution in [-0.4, -0.2) is 13.1 Å². The smallest absolute Gasteiger partial charge is 0.0780 e. The lowest BCUT2D eigenvalue weighted by Crippen LogP contribution is -2.55. The van der Waals surface area contributed by atoms with E-state index in [0.29, 0.717) is 11.8 Å². The Hall–Kier alpha value is -7.39. The molecule has 0 saturated heterocycles. The highest BCUT2D eigenvalue weighted by atomic mass is 28.3. The van der Waals surface area contributed by atoms with Crippen LogP contribution in [0.3, 0.4) is 0 Å². The van der Waals surface area contributed by atoms with E-state index in [1.165, 1.54) is 142 Å². The first kappa shape index (κ1) is 42.3. The molecule has 0 unspecified atom stereocenters. The van der Waals surface area contributed by atoms with E-state index in [1.54, 1.807) is 11.1 Å². The molecule has 0 atom stereocenters. The molecule has 1 nitrogen and oxygen atoms in total. The number of rotatable bonds is 6. The summed E-state index contributed by atoms with van der Waals surface area (Å²) in [4.78, 5) is 5.07. The van der Waals surface area contributed by atoms with Crippen LogP contribution in [0.25, 0.3) is 110 Å². The molecule has 4 fully saturated rings. The van der Waals surface area contributed by atoms with E-state index in [-0.39, 0.29) is 5.41 Å². The van der Waals surface area contributed by atoms with E-state index in [1.807, 2.05) is 6.20 Å². The van der Waals surface area contributed by atoms with Gasteiger partial charge in [0.25, 0.3) is 0 Å². The summed E-state index contributed by atoms with van der Waals surface area (Å²) < 4.78 is 0. The molecule has 11 aromatic rings. The summed E-state index contributed by atoms with van der Waals surface area (Å²) in [6.07, 6.45) is 8.87. The number of pyridine rings is 1. The predicted octanol–water partition coefficient (Wildman–Crippen LogP) is 18.3.